The van der Waals surface area contributed by atoms with Crippen LogP contribution in [0.2, 0.25) is 0 Å². The molecule has 0 bridgehead atoms. The minimum Gasteiger partial charge on any atom is -0.439 e. The zero-order valence-electron chi connectivity index (χ0n) is 17.6. The van der Waals surface area contributed by atoms with Gasteiger partial charge in [0.2, 0.25) is 5.88 Å². The molecule has 0 radical (unpaired) electrons. The van der Waals surface area contributed by atoms with E-state index in [1.165, 1.54) is 12.1 Å². The number of methoxy groups -OCH3 is 1. The maximum absolute atomic E-state index is 13.3. The van der Waals surface area contributed by atoms with E-state index in [1.807, 2.05) is 37.4 Å². The lowest BCUT2D eigenvalue weighted by Gasteiger charge is -2.24. The first kappa shape index (κ1) is 22.0. The molecular formula is C23H28FN3O3. The third kappa shape index (κ3) is 5.66. The van der Waals surface area contributed by atoms with Crippen LogP contribution in [0.5, 0.6) is 11.6 Å². The maximum Gasteiger partial charge on any atom is 0.222 e. The zero-order valence-corrected chi connectivity index (χ0v) is 17.6. The number of benzene rings is 2. The lowest BCUT2D eigenvalue weighted by Crippen LogP contribution is -2.33. The first-order valence-corrected chi connectivity index (χ1v) is 9.92. The average molecular weight is 413 g/mol. The van der Waals surface area contributed by atoms with Gasteiger partial charge in [-0.25, -0.2) is 9.07 Å². The first-order valence-electron chi connectivity index (χ1n) is 9.92. The van der Waals surface area contributed by atoms with Crippen molar-refractivity contribution in [2.24, 2.45) is 7.05 Å². The van der Waals surface area contributed by atoms with Crippen molar-refractivity contribution in [3.05, 3.63) is 66.0 Å². The largest absolute Gasteiger partial charge is 0.439 e. The number of hydrogen-bond donors (Lipinski definition) is 1. The molecule has 6 nitrogen and oxygen atoms in total. The maximum atomic E-state index is 13.3. The van der Waals surface area contributed by atoms with Crippen molar-refractivity contribution in [2.75, 3.05) is 26.8 Å². The van der Waals surface area contributed by atoms with Gasteiger partial charge in [0.25, 0.3) is 0 Å². The molecule has 30 heavy (non-hydrogen) atoms. The summed E-state index contributed by atoms with van der Waals surface area (Å²) in [4.78, 5) is 2.11. The summed E-state index contributed by atoms with van der Waals surface area (Å²) in [5.74, 6) is 0.785. The summed E-state index contributed by atoms with van der Waals surface area (Å²) >= 11 is 0. The van der Waals surface area contributed by atoms with Crippen molar-refractivity contribution in [2.45, 2.75) is 19.6 Å². The van der Waals surface area contributed by atoms with Crippen molar-refractivity contribution in [3.8, 4) is 22.9 Å². The number of aryl methyl sites for hydroxylation is 1. The molecule has 2 aromatic carbocycles. The van der Waals surface area contributed by atoms with Crippen LogP contribution in [0.15, 0.2) is 54.6 Å². The van der Waals surface area contributed by atoms with E-state index in [0.29, 0.717) is 37.9 Å². The van der Waals surface area contributed by atoms with Crippen molar-refractivity contribution < 1.29 is 19.0 Å². The Balaban J connectivity index is 2.00. The molecule has 0 saturated carbocycles. The van der Waals surface area contributed by atoms with Crippen molar-refractivity contribution in [1.82, 2.24) is 14.7 Å². The number of aliphatic hydroxyl groups is 1. The van der Waals surface area contributed by atoms with E-state index in [4.69, 9.17) is 14.6 Å². The monoisotopic (exact) mass is 413 g/mol. The van der Waals surface area contributed by atoms with E-state index < -0.39 is 6.10 Å². The summed E-state index contributed by atoms with van der Waals surface area (Å²) in [5.41, 5.74) is 2.67. The second-order valence-electron chi connectivity index (χ2n) is 7.25. The van der Waals surface area contributed by atoms with Gasteiger partial charge < -0.3 is 14.6 Å². The van der Waals surface area contributed by atoms with Crippen LogP contribution in [-0.4, -0.2) is 52.7 Å². The fourth-order valence-electron chi connectivity index (χ4n) is 3.32. The third-order valence-electron chi connectivity index (χ3n) is 4.68. The summed E-state index contributed by atoms with van der Waals surface area (Å²) in [7, 11) is 3.48. The average Bonchev–Trinajstić information content (AvgIpc) is 3.03. The molecule has 1 heterocycles. The molecule has 1 N–H and O–H groups in total. The van der Waals surface area contributed by atoms with E-state index in [-0.39, 0.29) is 5.82 Å². The van der Waals surface area contributed by atoms with Crippen LogP contribution in [0.1, 0.15) is 12.5 Å². The molecule has 7 heteroatoms. The van der Waals surface area contributed by atoms with Crippen LogP contribution in [0, 0.1) is 5.82 Å². The summed E-state index contributed by atoms with van der Waals surface area (Å²) < 4.78 is 26.4. The van der Waals surface area contributed by atoms with Crippen molar-refractivity contribution in [3.63, 3.8) is 0 Å². The molecule has 1 atom stereocenters. The minimum atomic E-state index is -0.486. The Labute approximate surface area is 176 Å². The summed E-state index contributed by atoms with van der Waals surface area (Å²) in [6.07, 6.45) is -0.486. The second-order valence-corrected chi connectivity index (χ2v) is 7.25. The van der Waals surface area contributed by atoms with E-state index >= 15 is 0 Å². The van der Waals surface area contributed by atoms with Crippen molar-refractivity contribution in [1.29, 1.82) is 0 Å². The van der Waals surface area contributed by atoms with Gasteiger partial charge in [-0.3, -0.25) is 4.90 Å². The number of nitrogens with zero attached hydrogens (tertiary/aromatic N) is 3. The van der Waals surface area contributed by atoms with Gasteiger partial charge in [0.15, 0.2) is 0 Å². The Morgan fingerprint density at radius 3 is 2.47 bits per heavy atom. The molecule has 3 rings (SSSR count). The standard InChI is InChI=1S/C23H28FN3O3/c1-17(28)15-27(13-14-29-3)16-21-22(18-7-5-4-6-8-18)25-26(2)23(21)30-20-11-9-19(24)10-12-20/h4-12,17,28H,13-16H2,1-3H3. The lowest BCUT2D eigenvalue weighted by atomic mass is 10.1. The van der Waals surface area contributed by atoms with Gasteiger partial charge in [0, 0.05) is 39.4 Å². The molecular weight excluding hydrogens is 385 g/mol. The molecule has 0 spiro atoms. The topological polar surface area (TPSA) is 59.8 Å². The number of halogens is 1. The minimum absolute atomic E-state index is 0.319. The highest BCUT2D eigenvalue weighted by molar-refractivity contribution is 5.65. The molecule has 0 saturated heterocycles. The van der Waals surface area contributed by atoms with Gasteiger partial charge in [-0.05, 0) is 31.2 Å². The van der Waals surface area contributed by atoms with Crippen LogP contribution in [0.4, 0.5) is 4.39 Å². The summed E-state index contributed by atoms with van der Waals surface area (Å²) in [6.45, 7) is 3.96. The van der Waals surface area contributed by atoms with Gasteiger partial charge >= 0.3 is 0 Å². The number of aliphatic hydroxyl groups excluding tert-OH is 1. The highest BCUT2D eigenvalue weighted by atomic mass is 19.1. The summed E-state index contributed by atoms with van der Waals surface area (Å²) in [6, 6.07) is 15.8. The Bertz CT molecular complexity index is 927. The smallest absolute Gasteiger partial charge is 0.222 e. The quantitative estimate of drug-likeness (QED) is 0.547. The number of ether oxygens (including phenoxy) is 2. The first-order chi connectivity index (χ1) is 14.5. The molecule has 0 amide bonds. The van der Waals surface area contributed by atoms with Crippen LogP contribution >= 0.6 is 0 Å². The molecule has 1 unspecified atom stereocenters. The Kier molecular flexibility index (Phi) is 7.57. The number of aromatic nitrogens is 2. The Hall–Kier alpha value is -2.74. The highest BCUT2D eigenvalue weighted by Gasteiger charge is 2.22. The van der Waals surface area contributed by atoms with Gasteiger partial charge in [-0.1, -0.05) is 30.3 Å². The SMILES string of the molecule is COCCN(Cc1c(-c2ccccc2)nn(C)c1Oc1ccc(F)cc1)CC(C)O. The van der Waals surface area contributed by atoms with Crippen LogP contribution in [-0.2, 0) is 18.3 Å². The molecule has 160 valence electrons. The fraction of sp³-hybridized carbons (Fsp3) is 0.348. The molecule has 0 aliphatic rings. The van der Waals surface area contributed by atoms with Gasteiger partial charge in [0.1, 0.15) is 17.3 Å². The predicted molar refractivity (Wildman–Crippen MR) is 114 cm³/mol. The Morgan fingerprint density at radius 1 is 1.13 bits per heavy atom. The normalized spacial score (nSPS) is 12.3. The second kappa shape index (κ2) is 10.3. The molecule has 0 aliphatic carbocycles. The Morgan fingerprint density at radius 2 is 1.83 bits per heavy atom. The highest BCUT2D eigenvalue weighted by Crippen LogP contribution is 2.34. The lowest BCUT2D eigenvalue weighted by molar-refractivity contribution is 0.0936. The van der Waals surface area contributed by atoms with Crippen LogP contribution in [0.3, 0.4) is 0 Å². The molecule has 1 aromatic heterocycles. The van der Waals surface area contributed by atoms with E-state index in [0.717, 1.165) is 16.8 Å². The van der Waals surface area contributed by atoms with Gasteiger partial charge in [-0.2, -0.15) is 5.10 Å². The van der Waals surface area contributed by atoms with E-state index in [9.17, 15) is 9.50 Å². The van der Waals surface area contributed by atoms with Crippen LogP contribution in [0.25, 0.3) is 11.3 Å². The zero-order chi connectivity index (χ0) is 21.5. The number of hydrogen-bond acceptors (Lipinski definition) is 5. The van der Waals surface area contributed by atoms with Gasteiger partial charge in [0.05, 0.1) is 18.3 Å². The fourth-order valence-corrected chi connectivity index (χ4v) is 3.32. The van der Waals surface area contributed by atoms with E-state index in [1.54, 1.807) is 30.8 Å². The van der Waals surface area contributed by atoms with E-state index in [2.05, 4.69) is 4.90 Å². The number of rotatable bonds is 10. The predicted octanol–water partition coefficient (Wildman–Crippen LogP) is 3.85. The summed E-state index contributed by atoms with van der Waals surface area (Å²) in [5, 5.41) is 14.7. The van der Waals surface area contributed by atoms with Crippen molar-refractivity contribution >= 4 is 0 Å². The van der Waals surface area contributed by atoms with Gasteiger partial charge in [-0.15, -0.1) is 0 Å². The molecule has 0 aliphatic heterocycles. The third-order valence-corrected chi connectivity index (χ3v) is 4.68. The molecule has 3 aromatic rings. The molecule has 0 fully saturated rings. The van der Waals surface area contributed by atoms with Crippen LogP contribution < -0.4 is 4.74 Å².